The first-order valence-electron chi connectivity index (χ1n) is 6.05. The molecule has 100 valence electrons. The highest BCUT2D eigenvalue weighted by Gasteiger charge is 2.24. The zero-order valence-corrected chi connectivity index (χ0v) is 12.0. The van der Waals surface area contributed by atoms with Crippen LogP contribution in [0, 0.1) is 0 Å². The summed E-state index contributed by atoms with van der Waals surface area (Å²) >= 11 is 1.62. The topological polar surface area (TPSA) is 74.0 Å². The van der Waals surface area contributed by atoms with Crippen LogP contribution in [0.3, 0.4) is 0 Å². The fourth-order valence-corrected chi connectivity index (χ4v) is 2.93. The average Bonchev–Trinajstić information content (AvgIpc) is 2.91. The van der Waals surface area contributed by atoms with Crippen molar-refractivity contribution in [1.82, 2.24) is 24.4 Å². The van der Waals surface area contributed by atoms with Gasteiger partial charge in [0.15, 0.2) is 10.8 Å². The monoisotopic (exact) mass is 276 g/mol. The fourth-order valence-electron chi connectivity index (χ4n) is 2.21. The molecular weight excluding hydrogens is 260 g/mol. The minimum absolute atomic E-state index is 0.0926. The second-order valence-corrected chi connectivity index (χ2v) is 6.43. The van der Waals surface area contributed by atoms with E-state index in [0.29, 0.717) is 12.4 Å². The van der Waals surface area contributed by atoms with Crippen LogP contribution in [-0.4, -0.2) is 24.4 Å². The molecule has 0 saturated carbocycles. The Bertz CT molecular complexity index is 686. The highest BCUT2D eigenvalue weighted by Crippen LogP contribution is 2.26. The first-order chi connectivity index (χ1) is 8.95. The lowest BCUT2D eigenvalue weighted by Gasteiger charge is -2.19. The van der Waals surface area contributed by atoms with Crippen molar-refractivity contribution in [3.05, 3.63) is 29.2 Å². The Balaban J connectivity index is 1.97. The molecule has 2 N–H and O–H groups in total. The van der Waals surface area contributed by atoms with Crippen LogP contribution in [0.1, 0.15) is 32.2 Å². The van der Waals surface area contributed by atoms with Crippen LogP contribution in [0.25, 0.3) is 4.96 Å². The number of hydrogen-bond acceptors (Lipinski definition) is 5. The zero-order valence-electron chi connectivity index (χ0n) is 11.2. The first-order valence-corrected chi connectivity index (χ1v) is 6.93. The van der Waals surface area contributed by atoms with E-state index >= 15 is 0 Å². The van der Waals surface area contributed by atoms with Gasteiger partial charge >= 0.3 is 0 Å². The minimum Gasteiger partial charge on any atom is -0.381 e. The Labute approximate surface area is 114 Å². The van der Waals surface area contributed by atoms with Crippen molar-refractivity contribution in [3.63, 3.8) is 0 Å². The summed E-state index contributed by atoms with van der Waals surface area (Å²) in [7, 11) is 0. The van der Waals surface area contributed by atoms with E-state index in [0.717, 1.165) is 16.3 Å². The second-order valence-electron chi connectivity index (χ2n) is 5.56. The molecule has 0 amide bonds. The summed E-state index contributed by atoms with van der Waals surface area (Å²) in [4.78, 5) is 5.54. The number of thiazole rings is 1. The lowest BCUT2D eigenvalue weighted by molar-refractivity contribution is 0.500. The Morgan fingerprint density at radius 3 is 2.84 bits per heavy atom. The molecule has 0 aliphatic heterocycles. The number of nitrogen functional groups attached to an aromatic ring is 1. The van der Waals surface area contributed by atoms with Crippen molar-refractivity contribution in [2.24, 2.45) is 0 Å². The molecule has 19 heavy (non-hydrogen) atoms. The third-order valence-corrected chi connectivity index (χ3v) is 3.70. The molecule has 0 spiro atoms. The summed E-state index contributed by atoms with van der Waals surface area (Å²) in [6, 6.07) is 0. The summed E-state index contributed by atoms with van der Waals surface area (Å²) in [5.41, 5.74) is 7.73. The third-order valence-electron chi connectivity index (χ3n) is 2.93. The van der Waals surface area contributed by atoms with E-state index < -0.39 is 0 Å². The summed E-state index contributed by atoms with van der Waals surface area (Å²) in [6.07, 6.45) is 4.01. The van der Waals surface area contributed by atoms with Crippen molar-refractivity contribution in [2.75, 3.05) is 5.73 Å². The molecule has 0 saturated heterocycles. The number of aromatic nitrogens is 5. The first kappa shape index (κ1) is 12.2. The van der Waals surface area contributed by atoms with Gasteiger partial charge in [-0.15, -0.1) is 16.4 Å². The molecule has 3 heterocycles. The highest BCUT2D eigenvalue weighted by atomic mass is 32.1. The van der Waals surface area contributed by atoms with E-state index in [2.05, 4.69) is 36.1 Å². The molecule has 3 aromatic rings. The van der Waals surface area contributed by atoms with Crippen molar-refractivity contribution < 1.29 is 0 Å². The maximum Gasteiger partial charge on any atom is 0.193 e. The summed E-state index contributed by atoms with van der Waals surface area (Å²) in [6.45, 7) is 6.89. The Morgan fingerprint density at radius 2 is 2.16 bits per heavy atom. The van der Waals surface area contributed by atoms with Crippen LogP contribution < -0.4 is 5.73 Å². The molecule has 0 radical (unpaired) electrons. The van der Waals surface area contributed by atoms with Crippen LogP contribution >= 0.6 is 11.3 Å². The molecule has 0 unspecified atom stereocenters. The number of fused-ring (bicyclic) bond motifs is 1. The molecule has 0 bridgehead atoms. The largest absolute Gasteiger partial charge is 0.381 e. The van der Waals surface area contributed by atoms with Crippen molar-refractivity contribution in [3.8, 4) is 0 Å². The normalized spacial score (nSPS) is 12.4. The molecule has 0 fully saturated rings. The molecule has 3 rings (SSSR count). The third kappa shape index (κ3) is 2.10. The number of hydrogen-bond donors (Lipinski definition) is 1. The number of nitrogens with zero attached hydrogens (tertiary/aromatic N) is 5. The Hall–Kier alpha value is -1.89. The van der Waals surface area contributed by atoms with Gasteiger partial charge in [0.1, 0.15) is 0 Å². The van der Waals surface area contributed by atoms with E-state index in [4.69, 9.17) is 5.73 Å². The predicted molar refractivity (Wildman–Crippen MR) is 75.3 cm³/mol. The van der Waals surface area contributed by atoms with Crippen LogP contribution in [0.2, 0.25) is 0 Å². The predicted octanol–water partition coefficient (Wildman–Crippen LogP) is 1.92. The fraction of sp³-hybridized carbons (Fsp3) is 0.417. The van der Waals surface area contributed by atoms with Gasteiger partial charge in [0.2, 0.25) is 0 Å². The summed E-state index contributed by atoms with van der Waals surface area (Å²) < 4.78 is 3.85. The smallest absolute Gasteiger partial charge is 0.193 e. The molecule has 0 aliphatic carbocycles. The molecule has 0 aliphatic rings. The molecule has 7 heteroatoms. The number of imidazole rings is 1. The minimum atomic E-state index is -0.0926. The maximum atomic E-state index is 5.92. The summed E-state index contributed by atoms with van der Waals surface area (Å²) in [5, 5.41) is 10.1. The van der Waals surface area contributed by atoms with Gasteiger partial charge in [-0.2, -0.15) is 0 Å². The van der Waals surface area contributed by atoms with Gasteiger partial charge in [-0.05, 0) is 0 Å². The molecule has 0 aromatic carbocycles. The highest BCUT2D eigenvalue weighted by molar-refractivity contribution is 7.15. The SMILES string of the molecule is CC(C)(C)c1c(N)nnn1Cc1cn2ccsc2n1. The van der Waals surface area contributed by atoms with Gasteiger partial charge in [-0.1, -0.05) is 26.0 Å². The number of anilines is 1. The van der Waals surface area contributed by atoms with Gasteiger partial charge < -0.3 is 5.73 Å². The van der Waals surface area contributed by atoms with E-state index in [1.165, 1.54) is 0 Å². The van der Waals surface area contributed by atoms with Crippen LogP contribution in [0.5, 0.6) is 0 Å². The van der Waals surface area contributed by atoms with Gasteiger partial charge in [-0.3, -0.25) is 4.40 Å². The van der Waals surface area contributed by atoms with Gasteiger partial charge in [0.05, 0.1) is 17.9 Å². The molecular formula is C12H16N6S. The lowest BCUT2D eigenvalue weighted by Crippen LogP contribution is -2.20. The standard InChI is InChI=1S/C12H16N6S/c1-12(2,3)9-10(13)15-16-18(9)7-8-6-17-4-5-19-11(17)14-8/h4-6H,7,13H2,1-3H3. The maximum absolute atomic E-state index is 5.92. The van der Waals surface area contributed by atoms with E-state index in [9.17, 15) is 0 Å². The lowest BCUT2D eigenvalue weighted by atomic mass is 9.92. The van der Waals surface area contributed by atoms with Crippen molar-refractivity contribution >= 4 is 22.1 Å². The van der Waals surface area contributed by atoms with Gasteiger partial charge in [-0.25, -0.2) is 9.67 Å². The second kappa shape index (κ2) is 4.06. The number of rotatable bonds is 2. The van der Waals surface area contributed by atoms with Gasteiger partial charge in [0.25, 0.3) is 0 Å². The molecule has 3 aromatic heterocycles. The zero-order chi connectivity index (χ0) is 13.6. The average molecular weight is 276 g/mol. The van der Waals surface area contributed by atoms with Crippen molar-refractivity contribution in [1.29, 1.82) is 0 Å². The van der Waals surface area contributed by atoms with E-state index in [1.807, 2.05) is 26.9 Å². The van der Waals surface area contributed by atoms with E-state index in [-0.39, 0.29) is 5.41 Å². The van der Waals surface area contributed by atoms with Crippen molar-refractivity contribution in [2.45, 2.75) is 32.7 Å². The van der Waals surface area contributed by atoms with E-state index in [1.54, 1.807) is 11.3 Å². The quantitative estimate of drug-likeness (QED) is 0.776. The summed E-state index contributed by atoms with van der Waals surface area (Å²) in [5.74, 6) is 0.494. The van der Waals surface area contributed by atoms with Gasteiger partial charge in [0, 0.05) is 23.2 Å². The number of nitrogens with two attached hydrogens (primary N) is 1. The molecule has 0 atom stereocenters. The Kier molecular flexibility index (Phi) is 2.60. The Morgan fingerprint density at radius 1 is 1.37 bits per heavy atom. The van der Waals surface area contributed by atoms with Crippen LogP contribution in [0.15, 0.2) is 17.8 Å². The van der Waals surface area contributed by atoms with Crippen LogP contribution in [0.4, 0.5) is 5.82 Å². The molecule has 6 nitrogen and oxygen atoms in total. The van der Waals surface area contributed by atoms with Crippen LogP contribution in [-0.2, 0) is 12.0 Å².